The van der Waals surface area contributed by atoms with Crippen LogP contribution in [0.2, 0.25) is 0 Å². The van der Waals surface area contributed by atoms with E-state index in [1.54, 1.807) is 7.11 Å². The van der Waals surface area contributed by atoms with E-state index in [-0.39, 0.29) is 12.5 Å². The van der Waals surface area contributed by atoms with Crippen LogP contribution in [0, 0.1) is 0 Å². The zero-order chi connectivity index (χ0) is 13.1. The van der Waals surface area contributed by atoms with Gasteiger partial charge in [0.2, 0.25) is 11.8 Å². The average molecular weight is 246 g/mol. The zero-order valence-electron chi connectivity index (χ0n) is 10.5. The third-order valence-corrected chi connectivity index (χ3v) is 2.19. The van der Waals surface area contributed by atoms with Crippen LogP contribution in [0.4, 0.5) is 0 Å². The molecule has 0 radical (unpaired) electrons. The molecule has 0 aliphatic rings. The highest BCUT2D eigenvalue weighted by Gasteiger charge is 2.16. The second-order valence-corrected chi connectivity index (χ2v) is 3.71. The Morgan fingerprint density at radius 3 is 2.59 bits per heavy atom. The molecule has 1 atom stereocenters. The van der Waals surface area contributed by atoms with Crippen LogP contribution in [0.3, 0.4) is 0 Å². The van der Waals surface area contributed by atoms with Crippen molar-refractivity contribution < 1.29 is 19.1 Å². The second-order valence-electron chi connectivity index (χ2n) is 3.71. The van der Waals surface area contributed by atoms with Crippen LogP contribution in [-0.2, 0) is 19.1 Å². The van der Waals surface area contributed by atoms with E-state index in [0.717, 1.165) is 12.8 Å². The maximum Gasteiger partial charge on any atom is 0.246 e. The van der Waals surface area contributed by atoms with Gasteiger partial charge in [-0.2, -0.15) is 0 Å². The third kappa shape index (κ3) is 8.65. The molecule has 0 aromatic heterocycles. The standard InChI is InChI=1S/C11H22N2O4/c1-3-4-5-9(11(12)15)13-10(14)8-17-7-6-16-2/h9H,3-8H2,1-2H3,(H2,12,15)(H,13,14)/t9-/m1/s1. The number of amides is 2. The van der Waals surface area contributed by atoms with E-state index < -0.39 is 11.9 Å². The lowest BCUT2D eigenvalue weighted by Gasteiger charge is -2.14. The number of nitrogens with one attached hydrogen (secondary N) is 1. The van der Waals surface area contributed by atoms with E-state index in [9.17, 15) is 9.59 Å². The van der Waals surface area contributed by atoms with Crippen molar-refractivity contribution in [1.82, 2.24) is 5.32 Å². The summed E-state index contributed by atoms with van der Waals surface area (Å²) in [5.74, 6) is -0.843. The van der Waals surface area contributed by atoms with E-state index in [0.29, 0.717) is 19.6 Å². The molecule has 0 aliphatic carbocycles. The van der Waals surface area contributed by atoms with Crippen molar-refractivity contribution in [3.63, 3.8) is 0 Å². The van der Waals surface area contributed by atoms with Gasteiger partial charge in [0.15, 0.2) is 0 Å². The summed E-state index contributed by atoms with van der Waals surface area (Å²) in [5.41, 5.74) is 5.19. The zero-order valence-corrected chi connectivity index (χ0v) is 10.5. The van der Waals surface area contributed by atoms with Crippen molar-refractivity contribution in [3.05, 3.63) is 0 Å². The number of unbranched alkanes of at least 4 members (excludes halogenated alkanes) is 1. The van der Waals surface area contributed by atoms with E-state index in [1.165, 1.54) is 0 Å². The lowest BCUT2D eigenvalue weighted by molar-refractivity contribution is -0.130. The fraction of sp³-hybridized carbons (Fsp3) is 0.818. The minimum atomic E-state index is -0.603. The summed E-state index contributed by atoms with van der Waals surface area (Å²) in [7, 11) is 1.55. The summed E-state index contributed by atoms with van der Waals surface area (Å²) in [6.45, 7) is 2.70. The van der Waals surface area contributed by atoms with Gasteiger partial charge in [-0.15, -0.1) is 0 Å². The van der Waals surface area contributed by atoms with Gasteiger partial charge in [-0.05, 0) is 6.42 Å². The summed E-state index contributed by atoms with van der Waals surface area (Å²) in [6.07, 6.45) is 2.36. The Labute approximate surface area is 102 Å². The molecular formula is C11H22N2O4. The van der Waals surface area contributed by atoms with Crippen LogP contribution < -0.4 is 11.1 Å². The Morgan fingerprint density at radius 1 is 1.35 bits per heavy atom. The molecule has 0 spiro atoms. The van der Waals surface area contributed by atoms with Gasteiger partial charge < -0.3 is 20.5 Å². The quantitative estimate of drug-likeness (QED) is 0.523. The number of ether oxygens (including phenoxy) is 2. The lowest BCUT2D eigenvalue weighted by atomic mass is 10.1. The van der Waals surface area contributed by atoms with E-state index in [2.05, 4.69) is 5.32 Å². The highest BCUT2D eigenvalue weighted by molar-refractivity contribution is 5.86. The van der Waals surface area contributed by atoms with Crippen molar-refractivity contribution in [1.29, 1.82) is 0 Å². The van der Waals surface area contributed by atoms with Crippen molar-refractivity contribution in [2.24, 2.45) is 5.73 Å². The Kier molecular flexibility index (Phi) is 9.37. The first-order chi connectivity index (χ1) is 8.11. The number of hydrogen-bond acceptors (Lipinski definition) is 4. The summed E-state index contributed by atoms with van der Waals surface area (Å²) >= 11 is 0. The van der Waals surface area contributed by atoms with Gasteiger partial charge >= 0.3 is 0 Å². The van der Waals surface area contributed by atoms with Crippen molar-refractivity contribution >= 4 is 11.8 Å². The summed E-state index contributed by atoms with van der Waals surface area (Å²) in [4.78, 5) is 22.5. The molecule has 0 fully saturated rings. The van der Waals surface area contributed by atoms with Crippen LogP contribution in [-0.4, -0.2) is 44.8 Å². The van der Waals surface area contributed by atoms with Crippen LogP contribution in [0.1, 0.15) is 26.2 Å². The SMILES string of the molecule is CCCC[C@@H](NC(=O)COCCOC)C(N)=O. The molecule has 0 aromatic rings. The first-order valence-electron chi connectivity index (χ1n) is 5.77. The molecular weight excluding hydrogens is 224 g/mol. The number of primary amides is 1. The second kappa shape index (κ2) is 10.0. The van der Waals surface area contributed by atoms with Crippen LogP contribution in [0.15, 0.2) is 0 Å². The molecule has 17 heavy (non-hydrogen) atoms. The fourth-order valence-corrected chi connectivity index (χ4v) is 1.24. The van der Waals surface area contributed by atoms with Crippen molar-refractivity contribution in [3.8, 4) is 0 Å². The number of carbonyl (C=O) groups is 2. The maximum atomic E-state index is 11.4. The molecule has 6 heteroatoms. The fourth-order valence-electron chi connectivity index (χ4n) is 1.24. The molecule has 0 unspecified atom stereocenters. The van der Waals surface area contributed by atoms with Gasteiger partial charge in [-0.3, -0.25) is 9.59 Å². The maximum absolute atomic E-state index is 11.4. The van der Waals surface area contributed by atoms with Gasteiger partial charge in [-0.1, -0.05) is 19.8 Å². The van der Waals surface area contributed by atoms with Crippen LogP contribution >= 0.6 is 0 Å². The number of carbonyl (C=O) groups excluding carboxylic acids is 2. The monoisotopic (exact) mass is 246 g/mol. The topological polar surface area (TPSA) is 90.7 Å². The number of rotatable bonds is 10. The van der Waals surface area contributed by atoms with E-state index in [4.69, 9.17) is 15.2 Å². The highest BCUT2D eigenvalue weighted by atomic mass is 16.5. The molecule has 100 valence electrons. The molecule has 0 aliphatic heterocycles. The van der Waals surface area contributed by atoms with Crippen LogP contribution in [0.5, 0.6) is 0 Å². The van der Waals surface area contributed by atoms with Gasteiger partial charge in [0.05, 0.1) is 13.2 Å². The first kappa shape index (κ1) is 15.9. The van der Waals surface area contributed by atoms with Gasteiger partial charge in [0.25, 0.3) is 0 Å². The summed E-state index contributed by atoms with van der Waals surface area (Å²) in [5, 5.41) is 2.55. The third-order valence-electron chi connectivity index (χ3n) is 2.19. The summed E-state index contributed by atoms with van der Waals surface area (Å²) in [6, 6.07) is -0.603. The predicted octanol–water partition coefficient (Wildman–Crippen LogP) is -0.190. The average Bonchev–Trinajstić information content (AvgIpc) is 2.29. The Bertz CT molecular complexity index is 234. The van der Waals surface area contributed by atoms with Crippen molar-refractivity contribution in [2.75, 3.05) is 26.9 Å². The summed E-state index contributed by atoms with van der Waals surface area (Å²) < 4.78 is 9.80. The van der Waals surface area contributed by atoms with Gasteiger partial charge in [0.1, 0.15) is 12.6 Å². The predicted molar refractivity (Wildman–Crippen MR) is 63.3 cm³/mol. The van der Waals surface area contributed by atoms with Gasteiger partial charge in [0, 0.05) is 7.11 Å². The van der Waals surface area contributed by atoms with E-state index >= 15 is 0 Å². The Hall–Kier alpha value is -1.14. The molecule has 0 bridgehead atoms. The smallest absolute Gasteiger partial charge is 0.246 e. The number of nitrogens with two attached hydrogens (primary N) is 1. The number of methoxy groups -OCH3 is 1. The molecule has 0 rings (SSSR count). The normalized spacial score (nSPS) is 12.1. The molecule has 3 N–H and O–H groups in total. The van der Waals surface area contributed by atoms with Gasteiger partial charge in [-0.25, -0.2) is 0 Å². The molecule has 6 nitrogen and oxygen atoms in total. The highest BCUT2D eigenvalue weighted by Crippen LogP contribution is 1.99. The lowest BCUT2D eigenvalue weighted by Crippen LogP contribution is -2.45. The molecule has 0 saturated carbocycles. The van der Waals surface area contributed by atoms with E-state index in [1.807, 2.05) is 6.92 Å². The number of hydrogen-bond donors (Lipinski definition) is 2. The Morgan fingerprint density at radius 2 is 2.06 bits per heavy atom. The molecule has 2 amide bonds. The first-order valence-corrected chi connectivity index (χ1v) is 5.77. The molecule has 0 saturated heterocycles. The molecule has 0 heterocycles. The van der Waals surface area contributed by atoms with Crippen LogP contribution in [0.25, 0.3) is 0 Å². The minimum absolute atomic E-state index is 0.0841. The minimum Gasteiger partial charge on any atom is -0.382 e. The van der Waals surface area contributed by atoms with Crippen molar-refractivity contribution in [2.45, 2.75) is 32.2 Å². The largest absolute Gasteiger partial charge is 0.382 e. The molecule has 0 aromatic carbocycles. The Balaban J connectivity index is 3.83.